The predicted octanol–water partition coefficient (Wildman–Crippen LogP) is 3.37. The number of halogens is 1. The number of morpholine rings is 1. The number of hydrogen-bond acceptors (Lipinski definition) is 6. The molecule has 4 aromatic rings. The van der Waals surface area contributed by atoms with E-state index in [-0.39, 0.29) is 20.1 Å². The van der Waals surface area contributed by atoms with E-state index in [1.165, 1.54) is 18.3 Å². The first-order valence-electron chi connectivity index (χ1n) is 9.85. The van der Waals surface area contributed by atoms with E-state index >= 15 is 0 Å². The van der Waals surface area contributed by atoms with E-state index in [0.717, 1.165) is 11.0 Å². The standard InChI is InChI=1S/C22H19FN6O2.2H2/c23-15-6-5-13(11-14(15)22(30)29-7-9-31-10-8-29)18-12-25-20(24)19(26-18)21-27-16-3-1-2-4-17(16)28-21;;/h1-6,11-12H,7-10H2,(H2,24,25)(H,27,28);2*1H. The molecule has 1 fully saturated rings. The van der Waals surface area contributed by atoms with Gasteiger partial charge in [-0.3, -0.25) is 4.79 Å². The summed E-state index contributed by atoms with van der Waals surface area (Å²) in [4.78, 5) is 30.9. The van der Waals surface area contributed by atoms with Gasteiger partial charge in [-0.2, -0.15) is 0 Å². The number of ether oxygens (including phenoxy) is 1. The SMILES string of the molecule is Nc1ncc(-c2ccc(F)c(C(=O)N3CCOCC3)c2)nc1-c1nc2ccccc2[nH]1.[HH].[HH]. The molecule has 0 bridgehead atoms. The predicted molar refractivity (Wildman–Crippen MR) is 118 cm³/mol. The van der Waals surface area contributed by atoms with Crippen molar-refractivity contribution in [1.29, 1.82) is 0 Å². The van der Waals surface area contributed by atoms with Crippen LogP contribution in [0.3, 0.4) is 0 Å². The Labute approximate surface area is 179 Å². The molecule has 1 amide bonds. The molecule has 3 N–H and O–H groups in total. The molecular weight excluding hydrogens is 399 g/mol. The molecule has 1 aliphatic heterocycles. The summed E-state index contributed by atoms with van der Waals surface area (Å²) in [5.41, 5.74) is 9.08. The maximum absolute atomic E-state index is 14.5. The number of imidazole rings is 1. The van der Waals surface area contributed by atoms with Crippen LogP contribution >= 0.6 is 0 Å². The molecule has 0 unspecified atom stereocenters. The summed E-state index contributed by atoms with van der Waals surface area (Å²) in [5.74, 6) is -0.251. The van der Waals surface area contributed by atoms with Crippen molar-refractivity contribution in [2.24, 2.45) is 0 Å². The third-order valence-corrected chi connectivity index (χ3v) is 5.21. The fourth-order valence-corrected chi connectivity index (χ4v) is 3.56. The number of aromatic nitrogens is 4. The molecule has 0 saturated carbocycles. The Morgan fingerprint density at radius 1 is 1.16 bits per heavy atom. The van der Waals surface area contributed by atoms with Gasteiger partial charge in [0.25, 0.3) is 5.91 Å². The van der Waals surface area contributed by atoms with Crippen LogP contribution in [0.15, 0.2) is 48.7 Å². The number of amides is 1. The average molecular weight is 422 g/mol. The minimum atomic E-state index is -0.582. The number of nitrogens with zero attached hydrogens (tertiary/aromatic N) is 4. The van der Waals surface area contributed by atoms with E-state index in [1.54, 1.807) is 11.0 Å². The van der Waals surface area contributed by atoms with Gasteiger partial charge in [-0.25, -0.2) is 19.3 Å². The first kappa shape index (κ1) is 19.1. The van der Waals surface area contributed by atoms with E-state index in [0.29, 0.717) is 49.1 Å². The summed E-state index contributed by atoms with van der Waals surface area (Å²) in [6.07, 6.45) is 1.50. The smallest absolute Gasteiger partial charge is 0.257 e. The number of carbonyl (C=O) groups is 1. The van der Waals surface area contributed by atoms with E-state index in [4.69, 9.17) is 10.5 Å². The molecule has 9 heteroatoms. The maximum Gasteiger partial charge on any atom is 0.257 e. The van der Waals surface area contributed by atoms with Crippen LogP contribution in [-0.2, 0) is 4.74 Å². The summed E-state index contributed by atoms with van der Waals surface area (Å²) < 4.78 is 19.7. The number of nitrogen functional groups attached to an aromatic ring is 1. The van der Waals surface area contributed by atoms with E-state index in [9.17, 15) is 9.18 Å². The number of fused-ring (bicyclic) bond motifs is 1. The van der Waals surface area contributed by atoms with Crippen LogP contribution in [-0.4, -0.2) is 57.0 Å². The van der Waals surface area contributed by atoms with Crippen LogP contribution in [0, 0.1) is 5.82 Å². The Bertz CT molecular complexity index is 1260. The lowest BCUT2D eigenvalue weighted by molar-refractivity contribution is 0.0300. The number of para-hydroxylation sites is 2. The zero-order valence-corrected chi connectivity index (χ0v) is 16.5. The number of aromatic amines is 1. The molecule has 0 radical (unpaired) electrons. The number of benzene rings is 2. The van der Waals surface area contributed by atoms with Crippen molar-refractivity contribution >= 4 is 22.8 Å². The summed E-state index contributed by atoms with van der Waals surface area (Å²) >= 11 is 0. The second-order valence-electron chi connectivity index (χ2n) is 7.19. The third-order valence-electron chi connectivity index (χ3n) is 5.21. The third kappa shape index (κ3) is 3.59. The number of hydrogen-bond donors (Lipinski definition) is 2. The molecule has 31 heavy (non-hydrogen) atoms. The minimum Gasteiger partial charge on any atom is -0.382 e. The van der Waals surface area contributed by atoms with Gasteiger partial charge in [0.1, 0.15) is 11.5 Å². The maximum atomic E-state index is 14.5. The number of nitrogens with one attached hydrogen (secondary N) is 1. The fraction of sp³-hybridized carbons (Fsp3) is 0.182. The van der Waals surface area contributed by atoms with Crippen molar-refractivity contribution in [3.8, 4) is 22.8 Å². The van der Waals surface area contributed by atoms with Gasteiger partial charge in [0, 0.05) is 21.5 Å². The van der Waals surface area contributed by atoms with Crippen molar-refractivity contribution in [3.63, 3.8) is 0 Å². The van der Waals surface area contributed by atoms with Crippen molar-refractivity contribution < 1.29 is 16.8 Å². The Balaban J connectivity index is 0.00000153. The van der Waals surface area contributed by atoms with Crippen molar-refractivity contribution in [3.05, 3.63) is 60.0 Å². The van der Waals surface area contributed by atoms with Crippen LogP contribution in [0.1, 0.15) is 13.2 Å². The molecule has 2 aromatic heterocycles. The molecule has 0 spiro atoms. The highest BCUT2D eigenvalue weighted by atomic mass is 19.1. The van der Waals surface area contributed by atoms with E-state index in [1.807, 2.05) is 24.3 Å². The first-order valence-corrected chi connectivity index (χ1v) is 9.85. The van der Waals surface area contributed by atoms with Crippen LogP contribution in [0.2, 0.25) is 0 Å². The Kier molecular flexibility index (Phi) is 4.79. The highest BCUT2D eigenvalue weighted by Crippen LogP contribution is 2.27. The largest absolute Gasteiger partial charge is 0.382 e. The Morgan fingerprint density at radius 3 is 2.77 bits per heavy atom. The van der Waals surface area contributed by atoms with Gasteiger partial charge in [-0.05, 0) is 30.3 Å². The summed E-state index contributed by atoms with van der Waals surface area (Å²) in [6, 6.07) is 11.9. The molecule has 5 rings (SSSR count). The van der Waals surface area contributed by atoms with Crippen LogP contribution in [0.5, 0.6) is 0 Å². The zero-order chi connectivity index (χ0) is 21.4. The fourth-order valence-electron chi connectivity index (χ4n) is 3.56. The molecular formula is C22H23FN6O2. The van der Waals surface area contributed by atoms with Gasteiger partial charge in [0.2, 0.25) is 0 Å². The number of carbonyl (C=O) groups excluding carboxylic acids is 1. The highest BCUT2D eigenvalue weighted by Gasteiger charge is 2.22. The second-order valence-corrected chi connectivity index (χ2v) is 7.19. The van der Waals surface area contributed by atoms with Gasteiger partial charge in [-0.1, -0.05) is 12.1 Å². The first-order chi connectivity index (χ1) is 15.1. The van der Waals surface area contributed by atoms with Gasteiger partial charge >= 0.3 is 0 Å². The molecule has 8 nitrogen and oxygen atoms in total. The summed E-state index contributed by atoms with van der Waals surface area (Å²) in [7, 11) is 0. The zero-order valence-electron chi connectivity index (χ0n) is 16.5. The number of nitrogens with two attached hydrogens (primary N) is 1. The van der Waals surface area contributed by atoms with Gasteiger partial charge in [-0.15, -0.1) is 0 Å². The molecule has 160 valence electrons. The van der Waals surface area contributed by atoms with Crippen LogP contribution in [0.25, 0.3) is 33.8 Å². The quantitative estimate of drug-likeness (QED) is 0.524. The number of rotatable bonds is 3. The monoisotopic (exact) mass is 422 g/mol. The van der Waals surface area contributed by atoms with Crippen LogP contribution < -0.4 is 5.73 Å². The van der Waals surface area contributed by atoms with Gasteiger partial charge in [0.15, 0.2) is 11.6 Å². The molecule has 0 atom stereocenters. The number of H-pyrrole nitrogens is 1. The lowest BCUT2D eigenvalue weighted by Gasteiger charge is -2.27. The second kappa shape index (κ2) is 7.77. The van der Waals surface area contributed by atoms with Crippen molar-refractivity contribution in [2.45, 2.75) is 0 Å². The highest BCUT2D eigenvalue weighted by molar-refractivity contribution is 5.95. The number of anilines is 1. The summed E-state index contributed by atoms with van der Waals surface area (Å²) in [5, 5.41) is 0. The Hall–Kier alpha value is -3.85. The Morgan fingerprint density at radius 2 is 1.97 bits per heavy atom. The van der Waals surface area contributed by atoms with E-state index < -0.39 is 5.82 Å². The molecule has 0 aliphatic carbocycles. The van der Waals surface area contributed by atoms with Gasteiger partial charge in [0.05, 0.1) is 41.7 Å². The molecule has 2 aromatic carbocycles. The minimum absolute atomic E-state index is 0. The van der Waals surface area contributed by atoms with Crippen LogP contribution in [0.4, 0.5) is 10.2 Å². The normalized spacial score (nSPS) is 14.2. The lowest BCUT2D eigenvalue weighted by atomic mass is 10.1. The van der Waals surface area contributed by atoms with Crippen molar-refractivity contribution in [1.82, 2.24) is 24.8 Å². The molecule has 3 heterocycles. The topological polar surface area (TPSA) is 110 Å². The van der Waals surface area contributed by atoms with Gasteiger partial charge < -0.3 is 20.4 Å². The average Bonchev–Trinajstić information content (AvgIpc) is 3.24. The van der Waals surface area contributed by atoms with E-state index in [2.05, 4.69) is 19.9 Å². The lowest BCUT2D eigenvalue weighted by Crippen LogP contribution is -2.41. The molecule has 1 saturated heterocycles. The molecule has 1 aliphatic rings. The summed E-state index contributed by atoms with van der Waals surface area (Å²) in [6.45, 7) is 1.75. The van der Waals surface area contributed by atoms with Crippen molar-refractivity contribution in [2.75, 3.05) is 32.0 Å².